The fourth-order valence-electron chi connectivity index (χ4n) is 1.71. The number of ether oxygens (including phenoxy) is 1. The van der Waals surface area contributed by atoms with Crippen molar-refractivity contribution in [3.63, 3.8) is 0 Å². The largest absolute Gasteiger partial charge is 0.508 e. The van der Waals surface area contributed by atoms with Gasteiger partial charge >= 0.3 is 5.97 Å². The summed E-state index contributed by atoms with van der Waals surface area (Å²) in [5.74, 6) is -0.240. The smallest absolute Gasteiger partial charge is 0.335 e. The second-order valence-electron chi connectivity index (χ2n) is 3.77. The van der Waals surface area contributed by atoms with Crippen LogP contribution < -0.4 is 4.74 Å². The lowest BCUT2D eigenvalue weighted by Crippen LogP contribution is -1.97. The van der Waals surface area contributed by atoms with Gasteiger partial charge in [-0.2, -0.15) is 0 Å². The Morgan fingerprint density at radius 3 is 2.33 bits per heavy atom. The molecule has 0 radical (unpaired) electrons. The van der Waals surface area contributed by atoms with Crippen LogP contribution in [-0.2, 0) is 0 Å². The molecule has 4 nitrogen and oxygen atoms in total. The molecule has 0 aliphatic rings. The van der Waals surface area contributed by atoms with Gasteiger partial charge in [0.15, 0.2) is 0 Å². The molecule has 0 bridgehead atoms. The van der Waals surface area contributed by atoms with Gasteiger partial charge < -0.3 is 14.9 Å². The number of carboxylic acids is 1. The molecule has 0 saturated carbocycles. The van der Waals surface area contributed by atoms with E-state index in [1.54, 1.807) is 36.4 Å². The Bertz CT molecular complexity index is 573. The second kappa shape index (κ2) is 4.79. The summed E-state index contributed by atoms with van der Waals surface area (Å²) >= 11 is 0. The van der Waals surface area contributed by atoms with Crippen LogP contribution in [-0.4, -0.2) is 23.3 Å². The maximum Gasteiger partial charge on any atom is 0.335 e. The van der Waals surface area contributed by atoms with Gasteiger partial charge in [-0.25, -0.2) is 4.79 Å². The maximum absolute atomic E-state index is 11.0. The van der Waals surface area contributed by atoms with E-state index >= 15 is 0 Å². The van der Waals surface area contributed by atoms with Crippen LogP contribution in [0.15, 0.2) is 42.5 Å². The fraction of sp³-hybridized carbons (Fsp3) is 0.0714. The van der Waals surface area contributed by atoms with Gasteiger partial charge in [0, 0.05) is 5.56 Å². The van der Waals surface area contributed by atoms with Crippen LogP contribution in [0, 0.1) is 0 Å². The van der Waals surface area contributed by atoms with Crippen LogP contribution in [0.1, 0.15) is 10.4 Å². The number of aromatic hydroxyl groups is 1. The van der Waals surface area contributed by atoms with Crippen LogP contribution in [0.3, 0.4) is 0 Å². The number of aromatic carboxylic acids is 1. The molecule has 0 spiro atoms. The van der Waals surface area contributed by atoms with Crippen molar-refractivity contribution in [2.75, 3.05) is 7.11 Å². The summed E-state index contributed by atoms with van der Waals surface area (Å²) in [6.45, 7) is 0. The Morgan fingerprint density at radius 1 is 1.11 bits per heavy atom. The summed E-state index contributed by atoms with van der Waals surface area (Å²) in [6.07, 6.45) is 0. The van der Waals surface area contributed by atoms with Gasteiger partial charge in [0.1, 0.15) is 11.5 Å². The molecule has 4 heteroatoms. The van der Waals surface area contributed by atoms with E-state index in [0.29, 0.717) is 11.3 Å². The van der Waals surface area contributed by atoms with Gasteiger partial charge in [0.2, 0.25) is 0 Å². The summed E-state index contributed by atoms with van der Waals surface area (Å²) in [7, 11) is 1.53. The minimum absolute atomic E-state index is 0.159. The standard InChI is InChI=1S/C14H12O4/c1-18-13-7-4-10(14(16)17)8-12(13)9-2-5-11(15)6-3-9/h2-8,15H,1H3,(H,16,17). The minimum atomic E-state index is -0.988. The van der Waals surface area contributed by atoms with Gasteiger partial charge in [-0.15, -0.1) is 0 Å². The topological polar surface area (TPSA) is 66.8 Å². The quantitative estimate of drug-likeness (QED) is 0.871. The third-order valence-electron chi connectivity index (χ3n) is 2.62. The molecular weight excluding hydrogens is 232 g/mol. The van der Waals surface area contributed by atoms with Crippen LogP contribution in [0.5, 0.6) is 11.5 Å². The molecule has 0 aliphatic carbocycles. The van der Waals surface area contributed by atoms with Crippen molar-refractivity contribution in [3.8, 4) is 22.6 Å². The molecular formula is C14H12O4. The Labute approximate surface area is 104 Å². The fourth-order valence-corrected chi connectivity index (χ4v) is 1.71. The maximum atomic E-state index is 11.0. The lowest BCUT2D eigenvalue weighted by Gasteiger charge is -2.09. The number of rotatable bonds is 3. The number of phenolic OH excluding ortho intramolecular Hbond substituents is 1. The SMILES string of the molecule is COc1ccc(C(=O)O)cc1-c1ccc(O)cc1. The van der Waals surface area contributed by atoms with Gasteiger partial charge in [0.05, 0.1) is 12.7 Å². The van der Waals surface area contributed by atoms with Gasteiger partial charge in [-0.1, -0.05) is 12.1 Å². The molecule has 0 saturated heterocycles. The number of phenols is 1. The van der Waals surface area contributed by atoms with E-state index in [-0.39, 0.29) is 11.3 Å². The molecule has 2 aromatic rings. The molecule has 0 aliphatic heterocycles. The number of carbonyl (C=O) groups is 1. The number of hydrogen-bond acceptors (Lipinski definition) is 3. The monoisotopic (exact) mass is 244 g/mol. The van der Waals surface area contributed by atoms with E-state index in [0.717, 1.165) is 5.56 Å². The molecule has 18 heavy (non-hydrogen) atoms. The number of benzene rings is 2. The van der Waals surface area contributed by atoms with E-state index in [1.165, 1.54) is 13.2 Å². The average Bonchev–Trinajstić information content (AvgIpc) is 2.39. The predicted molar refractivity (Wildman–Crippen MR) is 67.1 cm³/mol. The van der Waals surface area contributed by atoms with Crippen LogP contribution >= 0.6 is 0 Å². The number of carboxylic acid groups (broad SMARTS) is 1. The molecule has 2 N–H and O–H groups in total. The van der Waals surface area contributed by atoms with E-state index in [9.17, 15) is 9.90 Å². The molecule has 0 unspecified atom stereocenters. The van der Waals surface area contributed by atoms with E-state index in [2.05, 4.69) is 0 Å². The van der Waals surface area contributed by atoms with Crippen molar-refractivity contribution < 1.29 is 19.7 Å². The van der Waals surface area contributed by atoms with E-state index in [1.807, 2.05) is 0 Å². The Hall–Kier alpha value is -2.49. The van der Waals surface area contributed by atoms with Crippen molar-refractivity contribution in [2.24, 2.45) is 0 Å². The zero-order valence-electron chi connectivity index (χ0n) is 9.75. The molecule has 2 rings (SSSR count). The lowest BCUT2D eigenvalue weighted by atomic mass is 10.0. The normalized spacial score (nSPS) is 10.1. The lowest BCUT2D eigenvalue weighted by molar-refractivity contribution is 0.0697. The number of methoxy groups -OCH3 is 1. The second-order valence-corrected chi connectivity index (χ2v) is 3.77. The van der Waals surface area contributed by atoms with E-state index in [4.69, 9.17) is 9.84 Å². The van der Waals surface area contributed by atoms with Gasteiger partial charge in [-0.05, 0) is 35.9 Å². The zero-order valence-corrected chi connectivity index (χ0v) is 9.75. The molecule has 92 valence electrons. The highest BCUT2D eigenvalue weighted by Gasteiger charge is 2.10. The van der Waals surface area contributed by atoms with Crippen LogP contribution in [0.25, 0.3) is 11.1 Å². The summed E-state index contributed by atoms with van der Waals surface area (Å²) in [6, 6.07) is 11.2. The molecule has 2 aromatic carbocycles. The van der Waals surface area contributed by atoms with Gasteiger partial charge in [-0.3, -0.25) is 0 Å². The zero-order chi connectivity index (χ0) is 13.1. The summed E-state index contributed by atoms with van der Waals surface area (Å²) < 4.78 is 5.21. The third-order valence-corrected chi connectivity index (χ3v) is 2.62. The Balaban J connectivity index is 2.56. The van der Waals surface area contributed by atoms with Crippen molar-refractivity contribution >= 4 is 5.97 Å². The first-order valence-electron chi connectivity index (χ1n) is 5.32. The highest BCUT2D eigenvalue weighted by atomic mass is 16.5. The summed E-state index contributed by atoms with van der Waals surface area (Å²) in [4.78, 5) is 11.0. The molecule has 0 atom stereocenters. The summed E-state index contributed by atoms with van der Waals surface area (Å²) in [5.41, 5.74) is 1.66. The first kappa shape index (κ1) is 12.0. The Kier molecular flexibility index (Phi) is 3.19. The first-order valence-corrected chi connectivity index (χ1v) is 5.32. The van der Waals surface area contributed by atoms with Crippen LogP contribution in [0.4, 0.5) is 0 Å². The predicted octanol–water partition coefficient (Wildman–Crippen LogP) is 2.77. The number of hydrogen-bond donors (Lipinski definition) is 2. The van der Waals surface area contributed by atoms with Gasteiger partial charge in [0.25, 0.3) is 0 Å². The highest BCUT2D eigenvalue weighted by Crippen LogP contribution is 2.31. The van der Waals surface area contributed by atoms with Crippen LogP contribution in [0.2, 0.25) is 0 Å². The minimum Gasteiger partial charge on any atom is -0.508 e. The first-order chi connectivity index (χ1) is 8.61. The van der Waals surface area contributed by atoms with Crippen molar-refractivity contribution in [3.05, 3.63) is 48.0 Å². The molecule has 0 heterocycles. The van der Waals surface area contributed by atoms with Crippen molar-refractivity contribution in [1.82, 2.24) is 0 Å². The molecule has 0 fully saturated rings. The third kappa shape index (κ3) is 2.27. The molecule has 0 aromatic heterocycles. The van der Waals surface area contributed by atoms with Crippen molar-refractivity contribution in [1.29, 1.82) is 0 Å². The van der Waals surface area contributed by atoms with Crippen molar-refractivity contribution in [2.45, 2.75) is 0 Å². The summed E-state index contributed by atoms with van der Waals surface area (Å²) in [5, 5.41) is 18.2. The average molecular weight is 244 g/mol. The highest BCUT2D eigenvalue weighted by molar-refractivity contribution is 5.90. The van der Waals surface area contributed by atoms with E-state index < -0.39 is 5.97 Å². The Morgan fingerprint density at radius 2 is 1.78 bits per heavy atom. The molecule has 0 amide bonds.